The topological polar surface area (TPSA) is 167 Å². The Morgan fingerprint density at radius 3 is 2.39 bits per heavy atom. The molecule has 1 atom stereocenters. The van der Waals surface area contributed by atoms with Gasteiger partial charge in [0.25, 0.3) is 0 Å². The number of rotatable bonds is 2. The van der Waals surface area contributed by atoms with Gasteiger partial charge in [-0.3, -0.25) is 5.32 Å². The zero-order valence-electron chi connectivity index (χ0n) is 19.1. The fourth-order valence-electron chi connectivity index (χ4n) is 3.93. The molecule has 1 unspecified atom stereocenters. The highest BCUT2D eigenvalue weighted by Gasteiger charge is 2.52. The summed E-state index contributed by atoms with van der Waals surface area (Å²) in [5.74, 6) is 0.554. The molecule has 1 aromatic heterocycles. The fraction of sp³-hybridized carbons (Fsp3) is 0.364. The van der Waals surface area contributed by atoms with E-state index in [4.69, 9.17) is 26.0 Å². The molecule has 2 aliphatic rings. The molecule has 0 aliphatic carbocycles. The zero-order valence-corrected chi connectivity index (χ0v) is 19.1. The number of nitrogens with zero attached hydrogens (tertiary/aromatic N) is 4. The number of nitriles is 2. The van der Waals surface area contributed by atoms with Gasteiger partial charge in [-0.1, -0.05) is 23.8 Å². The predicted molar refractivity (Wildman–Crippen MR) is 126 cm³/mol. The first-order valence-corrected chi connectivity index (χ1v) is 10.4. The molecule has 11 heteroatoms. The Morgan fingerprint density at radius 1 is 1.15 bits per heavy atom. The smallest absolute Gasteiger partial charge is 0.399 e. The second-order valence-electron chi connectivity index (χ2n) is 9.11. The lowest BCUT2D eigenvalue weighted by Gasteiger charge is -2.32. The van der Waals surface area contributed by atoms with Crippen LogP contribution in [-0.4, -0.2) is 29.3 Å². The summed E-state index contributed by atoms with van der Waals surface area (Å²) in [6.07, 6.45) is 1.85. The van der Waals surface area contributed by atoms with Crippen LogP contribution >= 0.6 is 0 Å². The molecule has 1 fully saturated rings. The van der Waals surface area contributed by atoms with E-state index in [9.17, 15) is 5.26 Å². The van der Waals surface area contributed by atoms with Crippen molar-refractivity contribution in [1.82, 2.24) is 10.3 Å². The summed E-state index contributed by atoms with van der Waals surface area (Å²) in [6, 6.07) is 7.21. The van der Waals surface area contributed by atoms with Crippen LogP contribution in [-0.2, 0) is 9.31 Å². The van der Waals surface area contributed by atoms with Crippen LogP contribution < -0.4 is 27.6 Å². The van der Waals surface area contributed by atoms with E-state index in [1.165, 1.54) is 0 Å². The first kappa shape index (κ1) is 22.4. The van der Waals surface area contributed by atoms with Gasteiger partial charge in [0.05, 0.1) is 16.9 Å². The van der Waals surface area contributed by atoms with Gasteiger partial charge in [-0.05, 0) is 45.6 Å². The molecule has 168 valence electrons. The van der Waals surface area contributed by atoms with Gasteiger partial charge in [-0.2, -0.15) is 10.5 Å². The Hall–Kier alpha value is -3.80. The van der Waals surface area contributed by atoms with Crippen molar-refractivity contribution in [1.29, 1.82) is 10.5 Å². The number of aliphatic imine (C=N–C) groups is 1. The molecule has 10 nitrogen and oxygen atoms in total. The summed E-state index contributed by atoms with van der Waals surface area (Å²) in [7, 11) is -0.500. The van der Waals surface area contributed by atoms with E-state index in [0.717, 1.165) is 16.6 Å². The van der Waals surface area contributed by atoms with Crippen LogP contribution in [0.2, 0.25) is 0 Å². The third-order valence-corrected chi connectivity index (χ3v) is 6.47. The Balaban J connectivity index is 1.79. The highest BCUT2D eigenvalue weighted by Crippen LogP contribution is 2.41. The van der Waals surface area contributed by atoms with Crippen molar-refractivity contribution in [3.8, 4) is 12.3 Å². The number of benzene rings is 1. The number of aromatic nitrogens is 1. The minimum absolute atomic E-state index is 0.00509. The van der Waals surface area contributed by atoms with E-state index in [1.54, 1.807) is 0 Å². The van der Waals surface area contributed by atoms with E-state index in [0.29, 0.717) is 11.4 Å². The quantitative estimate of drug-likeness (QED) is 0.306. The highest BCUT2D eigenvalue weighted by molar-refractivity contribution is 6.62. The van der Waals surface area contributed by atoms with Gasteiger partial charge in [0.15, 0.2) is 6.19 Å². The summed E-state index contributed by atoms with van der Waals surface area (Å²) in [5.41, 5.74) is 14.8. The third kappa shape index (κ3) is 3.61. The predicted octanol–water partition coefficient (Wildman–Crippen LogP) is 1.67. The summed E-state index contributed by atoms with van der Waals surface area (Å²) < 4.78 is 12.4. The van der Waals surface area contributed by atoms with Crippen LogP contribution in [0.25, 0.3) is 0 Å². The average Bonchev–Trinajstić information content (AvgIpc) is 2.94. The minimum atomic E-state index is -0.608. The molecule has 0 saturated carbocycles. The maximum Gasteiger partial charge on any atom is 0.495 e. The van der Waals surface area contributed by atoms with Gasteiger partial charge < -0.3 is 26.1 Å². The maximum absolute atomic E-state index is 9.49. The van der Waals surface area contributed by atoms with Crippen molar-refractivity contribution < 1.29 is 9.31 Å². The molecule has 0 spiro atoms. The number of aryl methyl sites for hydroxylation is 1. The van der Waals surface area contributed by atoms with E-state index in [2.05, 4.69) is 20.6 Å². The molecule has 6 N–H and O–H groups in total. The van der Waals surface area contributed by atoms with Gasteiger partial charge in [0, 0.05) is 5.56 Å². The van der Waals surface area contributed by atoms with Crippen LogP contribution in [0.3, 0.4) is 0 Å². The number of nitrogen functional groups attached to an aromatic ring is 2. The molecule has 0 amide bonds. The molecular weight excluding hydrogens is 419 g/mol. The molecule has 1 saturated heterocycles. The number of hydrogen-bond donors (Lipinski definition) is 4. The zero-order chi connectivity index (χ0) is 24.1. The fourth-order valence-corrected chi connectivity index (χ4v) is 3.93. The molecule has 33 heavy (non-hydrogen) atoms. The Morgan fingerprint density at radius 2 is 1.82 bits per heavy atom. The highest BCUT2D eigenvalue weighted by atomic mass is 16.7. The van der Waals surface area contributed by atoms with E-state index < -0.39 is 24.4 Å². The number of nitrogens with two attached hydrogens (primary N) is 2. The number of anilines is 3. The summed E-state index contributed by atoms with van der Waals surface area (Å²) in [4.78, 5) is 8.89. The molecule has 1 aromatic carbocycles. The van der Waals surface area contributed by atoms with Crippen molar-refractivity contribution in [3.05, 3.63) is 40.5 Å². The average molecular weight is 444 g/mol. The van der Waals surface area contributed by atoms with Crippen LogP contribution in [0.1, 0.15) is 56.0 Å². The van der Waals surface area contributed by atoms with E-state index in [-0.39, 0.29) is 23.0 Å². The molecule has 0 radical (unpaired) electrons. The number of hydrogen-bond acceptors (Lipinski definition) is 10. The monoisotopic (exact) mass is 444 g/mol. The van der Waals surface area contributed by atoms with Crippen molar-refractivity contribution in [2.24, 2.45) is 4.99 Å². The van der Waals surface area contributed by atoms with Crippen LogP contribution in [0.15, 0.2) is 23.2 Å². The summed E-state index contributed by atoms with van der Waals surface area (Å²) in [6.45, 7) is 10.0. The van der Waals surface area contributed by atoms with E-state index in [1.807, 2.05) is 65.1 Å². The largest absolute Gasteiger partial charge is 0.495 e. The molecule has 2 aromatic rings. The maximum atomic E-state index is 9.49. The Labute approximate surface area is 192 Å². The molecule has 0 bridgehead atoms. The van der Waals surface area contributed by atoms with Gasteiger partial charge >= 0.3 is 7.12 Å². The molecular formula is C22H25BN8O2. The van der Waals surface area contributed by atoms with Crippen molar-refractivity contribution in [2.75, 3.05) is 16.8 Å². The standard InChI is InChI=1S/C22H25BN8O2/c1-11-8-12(6-7-14(11)23-32-21(2,3)22(4,5)33-23)17-15-16(26)13(9-24)18(27)30-19(15)31-20(29-17)28-10-25/h6-8,17H,1-5H3,(H6,26,27,28,29,30,31). The second-order valence-corrected chi connectivity index (χ2v) is 9.11. The molecule has 4 rings (SSSR count). The lowest BCUT2D eigenvalue weighted by Crippen LogP contribution is -2.41. The number of nitrogens with one attached hydrogen (secondary N) is 2. The molecule has 3 heterocycles. The molecule has 2 aliphatic heterocycles. The van der Waals surface area contributed by atoms with Crippen LogP contribution in [0, 0.1) is 29.7 Å². The number of fused-ring (bicyclic) bond motifs is 1. The minimum Gasteiger partial charge on any atom is -0.399 e. The SMILES string of the molecule is Cc1cc(C2N=C(NC#N)Nc3nc(N)c(C#N)c(N)c32)ccc1B1OC(C)(C)C(C)(C)O1. The van der Waals surface area contributed by atoms with Crippen LogP contribution in [0.4, 0.5) is 17.3 Å². The number of pyridine rings is 1. The van der Waals surface area contributed by atoms with Crippen LogP contribution in [0.5, 0.6) is 0 Å². The second kappa shape index (κ2) is 7.66. The van der Waals surface area contributed by atoms with Gasteiger partial charge in [0.2, 0.25) is 5.96 Å². The summed E-state index contributed by atoms with van der Waals surface area (Å²) >= 11 is 0. The van der Waals surface area contributed by atoms with Crippen molar-refractivity contribution in [3.63, 3.8) is 0 Å². The van der Waals surface area contributed by atoms with Gasteiger partial charge in [0.1, 0.15) is 29.3 Å². The first-order chi connectivity index (χ1) is 15.5. The number of guanidine groups is 1. The normalized spacial score (nSPS) is 20.2. The van der Waals surface area contributed by atoms with Crippen molar-refractivity contribution >= 4 is 35.9 Å². The third-order valence-electron chi connectivity index (χ3n) is 6.47. The first-order valence-electron chi connectivity index (χ1n) is 10.4. The van der Waals surface area contributed by atoms with Crippen molar-refractivity contribution in [2.45, 2.75) is 51.9 Å². The summed E-state index contributed by atoms with van der Waals surface area (Å²) in [5, 5.41) is 24.0. The Bertz CT molecular complexity index is 1240. The lowest BCUT2D eigenvalue weighted by molar-refractivity contribution is 0.00578. The Kier molecular flexibility index (Phi) is 5.20. The van der Waals surface area contributed by atoms with E-state index >= 15 is 0 Å². The lowest BCUT2D eigenvalue weighted by atomic mass is 9.75. The van der Waals surface area contributed by atoms with Gasteiger partial charge in [-0.25, -0.2) is 9.98 Å². The van der Waals surface area contributed by atoms with Gasteiger partial charge in [-0.15, -0.1) is 0 Å².